The number of carbonyl (C=O) groups is 2. The Labute approximate surface area is 112 Å². The van der Waals surface area contributed by atoms with Gasteiger partial charge in [-0.05, 0) is 31.9 Å². The van der Waals surface area contributed by atoms with Gasteiger partial charge in [0, 0.05) is 19.3 Å². The predicted molar refractivity (Wildman–Crippen MR) is 72.3 cm³/mol. The number of nitrogens with zero attached hydrogens (tertiary/aromatic N) is 2. The summed E-state index contributed by atoms with van der Waals surface area (Å²) in [5, 5.41) is 9.11. The molecule has 0 unspecified atom stereocenters. The highest BCUT2D eigenvalue weighted by Crippen LogP contribution is 2.22. The van der Waals surface area contributed by atoms with Gasteiger partial charge in [-0.2, -0.15) is 0 Å². The highest BCUT2D eigenvalue weighted by atomic mass is 16.4. The van der Waals surface area contributed by atoms with Gasteiger partial charge in [-0.25, -0.2) is 9.59 Å². The van der Waals surface area contributed by atoms with Crippen molar-refractivity contribution in [3.05, 3.63) is 29.8 Å². The number of aliphatic carboxylic acids is 1. The van der Waals surface area contributed by atoms with Crippen LogP contribution in [0.25, 0.3) is 0 Å². The molecule has 0 bridgehead atoms. The Bertz CT molecular complexity index is 484. The van der Waals surface area contributed by atoms with Crippen molar-refractivity contribution in [3.8, 4) is 0 Å². The molecule has 1 heterocycles. The molecule has 102 valence electrons. The zero-order valence-corrected chi connectivity index (χ0v) is 11.2. The third-order valence-electron chi connectivity index (χ3n) is 3.49. The molecule has 1 aliphatic heterocycles. The van der Waals surface area contributed by atoms with E-state index in [0.29, 0.717) is 13.0 Å². The first-order valence-corrected chi connectivity index (χ1v) is 6.34. The summed E-state index contributed by atoms with van der Waals surface area (Å²) in [6, 6.07) is 6.63. The van der Waals surface area contributed by atoms with E-state index in [0.717, 1.165) is 17.7 Å². The van der Waals surface area contributed by atoms with E-state index in [2.05, 4.69) is 0 Å². The van der Waals surface area contributed by atoms with Crippen LogP contribution in [-0.2, 0) is 4.79 Å². The van der Waals surface area contributed by atoms with Crippen LogP contribution in [0.2, 0.25) is 0 Å². The highest BCUT2D eigenvalue weighted by Gasteiger charge is 2.35. The van der Waals surface area contributed by atoms with Gasteiger partial charge in [0.05, 0.1) is 0 Å². The molecule has 1 fully saturated rings. The maximum absolute atomic E-state index is 12.3. The fourth-order valence-electron chi connectivity index (χ4n) is 2.32. The summed E-state index contributed by atoms with van der Waals surface area (Å²) in [5.74, 6) is -0.928. The Hall–Kier alpha value is -2.04. The minimum Gasteiger partial charge on any atom is -0.480 e. The van der Waals surface area contributed by atoms with Crippen LogP contribution in [-0.4, -0.2) is 41.6 Å². The summed E-state index contributed by atoms with van der Waals surface area (Å²) in [4.78, 5) is 26.4. The summed E-state index contributed by atoms with van der Waals surface area (Å²) >= 11 is 0. The monoisotopic (exact) mass is 262 g/mol. The normalized spacial score (nSPS) is 18.4. The molecule has 0 saturated carbocycles. The van der Waals surface area contributed by atoms with E-state index in [9.17, 15) is 9.59 Å². The van der Waals surface area contributed by atoms with Gasteiger partial charge >= 0.3 is 12.0 Å². The number of carboxylic acid groups (broad SMARTS) is 1. The van der Waals surface area contributed by atoms with Gasteiger partial charge in [0.2, 0.25) is 0 Å². The minimum atomic E-state index is -0.928. The number of urea groups is 1. The molecule has 1 aromatic carbocycles. The molecular weight excluding hydrogens is 244 g/mol. The average molecular weight is 262 g/mol. The highest BCUT2D eigenvalue weighted by molar-refractivity contribution is 5.94. The van der Waals surface area contributed by atoms with Crippen LogP contribution in [0.4, 0.5) is 10.5 Å². The predicted octanol–water partition coefficient (Wildman–Crippen LogP) is 2.10. The van der Waals surface area contributed by atoms with Gasteiger partial charge in [0.1, 0.15) is 6.04 Å². The number of hydrogen-bond donors (Lipinski definition) is 1. The number of carbonyl (C=O) groups excluding carboxylic acids is 1. The number of amides is 2. The summed E-state index contributed by atoms with van der Waals surface area (Å²) in [6.45, 7) is 2.48. The van der Waals surface area contributed by atoms with Gasteiger partial charge < -0.3 is 10.0 Å². The first-order valence-electron chi connectivity index (χ1n) is 6.34. The van der Waals surface area contributed by atoms with Crippen molar-refractivity contribution in [1.29, 1.82) is 0 Å². The van der Waals surface area contributed by atoms with Crippen molar-refractivity contribution in [2.75, 3.05) is 18.5 Å². The number of rotatable bonds is 2. The molecule has 5 nitrogen and oxygen atoms in total. The van der Waals surface area contributed by atoms with Gasteiger partial charge in [0.15, 0.2) is 0 Å². The lowest BCUT2D eigenvalue weighted by atomic mass is 10.2. The van der Waals surface area contributed by atoms with Crippen molar-refractivity contribution >= 4 is 17.7 Å². The third-order valence-corrected chi connectivity index (χ3v) is 3.49. The minimum absolute atomic E-state index is 0.256. The molecule has 1 aliphatic rings. The molecule has 1 atom stereocenters. The molecule has 2 rings (SSSR count). The van der Waals surface area contributed by atoms with Crippen molar-refractivity contribution < 1.29 is 14.7 Å². The van der Waals surface area contributed by atoms with Gasteiger partial charge in [-0.3, -0.25) is 4.90 Å². The van der Waals surface area contributed by atoms with Crippen LogP contribution in [0.3, 0.4) is 0 Å². The maximum atomic E-state index is 12.3. The van der Waals surface area contributed by atoms with E-state index < -0.39 is 12.0 Å². The molecule has 1 saturated heterocycles. The second-order valence-electron chi connectivity index (χ2n) is 4.87. The standard InChI is InChI=1S/C14H18N2O3/c1-10-5-7-11(8-6-10)15(2)14(19)16-9-3-4-12(16)13(17)18/h5-8,12H,3-4,9H2,1-2H3,(H,17,18)/t12-/m0/s1. The number of likely N-dealkylation sites (tertiary alicyclic amines) is 1. The second-order valence-corrected chi connectivity index (χ2v) is 4.87. The molecule has 5 heteroatoms. The molecule has 0 spiro atoms. The zero-order valence-electron chi connectivity index (χ0n) is 11.2. The molecular formula is C14H18N2O3. The number of benzene rings is 1. The Morgan fingerprint density at radius 1 is 1.32 bits per heavy atom. The maximum Gasteiger partial charge on any atom is 0.326 e. The van der Waals surface area contributed by atoms with E-state index in [4.69, 9.17) is 5.11 Å². The number of aryl methyl sites for hydroxylation is 1. The lowest BCUT2D eigenvalue weighted by molar-refractivity contribution is -0.141. The van der Waals surface area contributed by atoms with Crippen LogP contribution in [0, 0.1) is 6.92 Å². The number of carboxylic acids is 1. The molecule has 1 aromatic rings. The molecule has 1 N–H and O–H groups in total. The van der Waals surface area contributed by atoms with Crippen molar-refractivity contribution in [1.82, 2.24) is 4.90 Å². The lowest BCUT2D eigenvalue weighted by Crippen LogP contribution is -2.46. The Morgan fingerprint density at radius 3 is 2.53 bits per heavy atom. The quantitative estimate of drug-likeness (QED) is 0.887. The van der Waals surface area contributed by atoms with Gasteiger partial charge in [-0.15, -0.1) is 0 Å². The van der Waals surface area contributed by atoms with Crippen LogP contribution in [0.1, 0.15) is 18.4 Å². The largest absolute Gasteiger partial charge is 0.480 e. The van der Waals surface area contributed by atoms with Crippen LogP contribution in [0.15, 0.2) is 24.3 Å². The Morgan fingerprint density at radius 2 is 1.95 bits per heavy atom. The summed E-state index contributed by atoms with van der Waals surface area (Å²) in [6.07, 6.45) is 1.27. The fraction of sp³-hybridized carbons (Fsp3) is 0.429. The van der Waals surface area contributed by atoms with Crippen LogP contribution in [0.5, 0.6) is 0 Å². The van der Waals surface area contributed by atoms with Crippen LogP contribution < -0.4 is 4.90 Å². The smallest absolute Gasteiger partial charge is 0.326 e. The summed E-state index contributed by atoms with van der Waals surface area (Å²) < 4.78 is 0. The first kappa shape index (κ1) is 13.4. The lowest BCUT2D eigenvalue weighted by Gasteiger charge is -2.27. The number of hydrogen-bond acceptors (Lipinski definition) is 2. The van der Waals surface area contributed by atoms with Crippen molar-refractivity contribution in [2.24, 2.45) is 0 Å². The Balaban J connectivity index is 2.14. The van der Waals surface area contributed by atoms with Crippen molar-refractivity contribution in [3.63, 3.8) is 0 Å². The second kappa shape index (κ2) is 5.30. The van der Waals surface area contributed by atoms with E-state index in [1.165, 1.54) is 9.80 Å². The van der Waals surface area contributed by atoms with E-state index in [1.807, 2.05) is 31.2 Å². The third kappa shape index (κ3) is 2.70. The topological polar surface area (TPSA) is 60.9 Å². The summed E-state index contributed by atoms with van der Waals surface area (Å²) in [7, 11) is 1.67. The summed E-state index contributed by atoms with van der Waals surface area (Å²) in [5.41, 5.74) is 1.89. The molecule has 0 aromatic heterocycles. The molecule has 0 radical (unpaired) electrons. The van der Waals surface area contributed by atoms with E-state index in [1.54, 1.807) is 7.05 Å². The molecule has 19 heavy (non-hydrogen) atoms. The fourth-order valence-corrected chi connectivity index (χ4v) is 2.32. The van der Waals surface area contributed by atoms with Crippen LogP contribution >= 0.6 is 0 Å². The number of anilines is 1. The van der Waals surface area contributed by atoms with Gasteiger partial charge in [-0.1, -0.05) is 17.7 Å². The SMILES string of the molecule is Cc1ccc(N(C)C(=O)N2CCC[C@H]2C(=O)O)cc1. The zero-order chi connectivity index (χ0) is 14.0. The molecule has 2 amide bonds. The molecule has 0 aliphatic carbocycles. The first-order chi connectivity index (χ1) is 9.00. The average Bonchev–Trinajstić information content (AvgIpc) is 2.87. The van der Waals surface area contributed by atoms with Gasteiger partial charge in [0.25, 0.3) is 0 Å². The van der Waals surface area contributed by atoms with E-state index >= 15 is 0 Å². The Kier molecular flexibility index (Phi) is 3.74. The van der Waals surface area contributed by atoms with Crippen molar-refractivity contribution in [2.45, 2.75) is 25.8 Å². The van der Waals surface area contributed by atoms with E-state index in [-0.39, 0.29) is 6.03 Å².